The first-order valence-corrected chi connectivity index (χ1v) is 9.87. The SMILES string of the molecule is Cc1ccc(C(=O)Nc2cc(Cl)cc(CN3CCN(C(=O)O)[C@@H](C)C3)c2C)cn1. The van der Waals surface area contributed by atoms with E-state index in [1.165, 1.54) is 4.90 Å². The molecule has 2 N–H and O–H groups in total. The van der Waals surface area contributed by atoms with Crippen molar-refractivity contribution in [2.24, 2.45) is 0 Å². The summed E-state index contributed by atoms with van der Waals surface area (Å²) in [5, 5.41) is 12.7. The number of carboxylic acid groups (broad SMARTS) is 1. The third-order valence-electron chi connectivity index (χ3n) is 5.25. The average molecular weight is 417 g/mol. The molecule has 0 spiro atoms. The van der Waals surface area contributed by atoms with Gasteiger partial charge in [0.2, 0.25) is 0 Å². The van der Waals surface area contributed by atoms with Crippen molar-refractivity contribution in [1.82, 2.24) is 14.8 Å². The summed E-state index contributed by atoms with van der Waals surface area (Å²) < 4.78 is 0. The predicted octanol–water partition coefficient (Wildman–Crippen LogP) is 3.79. The minimum absolute atomic E-state index is 0.0750. The number of aromatic nitrogens is 1. The molecular formula is C21H25ClN4O3. The Hall–Kier alpha value is -2.64. The Morgan fingerprint density at radius 3 is 2.66 bits per heavy atom. The summed E-state index contributed by atoms with van der Waals surface area (Å²) in [4.78, 5) is 31.7. The molecule has 2 heterocycles. The number of anilines is 1. The Balaban J connectivity index is 1.74. The first-order valence-electron chi connectivity index (χ1n) is 9.49. The van der Waals surface area contributed by atoms with Gasteiger partial charge in [-0.3, -0.25) is 14.7 Å². The van der Waals surface area contributed by atoms with Crippen molar-refractivity contribution in [3.05, 3.63) is 57.9 Å². The minimum atomic E-state index is -0.883. The van der Waals surface area contributed by atoms with Crippen LogP contribution >= 0.6 is 11.6 Å². The number of aryl methyl sites for hydroxylation is 1. The highest BCUT2D eigenvalue weighted by atomic mass is 35.5. The van der Waals surface area contributed by atoms with Gasteiger partial charge >= 0.3 is 6.09 Å². The maximum Gasteiger partial charge on any atom is 0.407 e. The topological polar surface area (TPSA) is 85.8 Å². The van der Waals surface area contributed by atoms with E-state index in [0.29, 0.717) is 42.5 Å². The molecule has 3 rings (SSSR count). The number of rotatable bonds is 4. The van der Waals surface area contributed by atoms with Crippen molar-refractivity contribution in [1.29, 1.82) is 0 Å². The van der Waals surface area contributed by atoms with Crippen molar-refractivity contribution in [3.63, 3.8) is 0 Å². The molecule has 1 fully saturated rings. The Bertz CT molecular complexity index is 917. The number of halogens is 1. The first-order chi connectivity index (χ1) is 13.7. The molecule has 2 aromatic rings. The van der Waals surface area contributed by atoms with Crippen LogP contribution in [-0.4, -0.2) is 57.6 Å². The first kappa shape index (κ1) is 21.1. The standard InChI is InChI=1S/C21H25ClN4O3/c1-13-4-5-16(10-23-13)20(27)24-19-9-18(22)8-17(15(19)3)12-25-6-7-26(21(28)29)14(2)11-25/h4-5,8-10,14H,6-7,11-12H2,1-3H3,(H,24,27)(H,28,29)/t14-/m0/s1. The van der Waals surface area contributed by atoms with Crippen LogP contribution in [-0.2, 0) is 6.54 Å². The Morgan fingerprint density at radius 1 is 1.28 bits per heavy atom. The molecule has 0 aliphatic carbocycles. The molecule has 1 aliphatic rings. The van der Waals surface area contributed by atoms with Crippen LogP contribution in [0.1, 0.15) is 34.1 Å². The number of hydrogen-bond acceptors (Lipinski definition) is 4. The molecule has 8 heteroatoms. The van der Waals surface area contributed by atoms with Crippen LogP contribution in [0.25, 0.3) is 0 Å². The molecule has 154 valence electrons. The van der Waals surface area contributed by atoms with Crippen molar-refractivity contribution < 1.29 is 14.7 Å². The zero-order chi connectivity index (χ0) is 21.1. The lowest BCUT2D eigenvalue weighted by Crippen LogP contribution is -2.53. The second-order valence-electron chi connectivity index (χ2n) is 7.44. The molecule has 1 aromatic heterocycles. The van der Waals surface area contributed by atoms with E-state index in [1.54, 1.807) is 24.4 Å². The van der Waals surface area contributed by atoms with Gasteiger partial charge in [0.1, 0.15) is 0 Å². The van der Waals surface area contributed by atoms with Crippen LogP contribution in [0.5, 0.6) is 0 Å². The zero-order valence-electron chi connectivity index (χ0n) is 16.8. The van der Waals surface area contributed by atoms with E-state index >= 15 is 0 Å². The van der Waals surface area contributed by atoms with Crippen LogP contribution < -0.4 is 5.32 Å². The summed E-state index contributed by atoms with van der Waals surface area (Å²) in [6, 6.07) is 7.10. The highest BCUT2D eigenvalue weighted by Gasteiger charge is 2.27. The third kappa shape index (κ3) is 5.05. The molecule has 0 radical (unpaired) electrons. The summed E-state index contributed by atoms with van der Waals surface area (Å²) in [7, 11) is 0. The number of nitrogens with one attached hydrogen (secondary N) is 1. The van der Waals surface area contributed by atoms with Gasteiger partial charge in [-0.05, 0) is 56.2 Å². The van der Waals surface area contributed by atoms with Gasteiger partial charge in [0, 0.05) is 54.8 Å². The van der Waals surface area contributed by atoms with Gasteiger partial charge in [0.15, 0.2) is 0 Å². The van der Waals surface area contributed by atoms with Crippen LogP contribution in [0.2, 0.25) is 5.02 Å². The number of hydrogen-bond donors (Lipinski definition) is 2. The molecule has 1 aliphatic heterocycles. The summed E-state index contributed by atoms with van der Waals surface area (Å²) in [6.07, 6.45) is 0.668. The van der Waals surface area contributed by atoms with Crippen molar-refractivity contribution in [3.8, 4) is 0 Å². The molecule has 29 heavy (non-hydrogen) atoms. The number of carbonyl (C=O) groups excluding carboxylic acids is 1. The molecule has 1 atom stereocenters. The molecular weight excluding hydrogens is 392 g/mol. The highest BCUT2D eigenvalue weighted by Crippen LogP contribution is 2.27. The fourth-order valence-corrected chi connectivity index (χ4v) is 3.77. The van der Waals surface area contributed by atoms with E-state index in [1.807, 2.05) is 26.8 Å². The Labute approximate surface area is 175 Å². The van der Waals surface area contributed by atoms with Gasteiger partial charge in [-0.2, -0.15) is 0 Å². The van der Waals surface area contributed by atoms with Crippen LogP contribution in [0, 0.1) is 13.8 Å². The van der Waals surface area contributed by atoms with Crippen molar-refractivity contribution in [2.45, 2.75) is 33.4 Å². The number of nitrogens with zero attached hydrogens (tertiary/aromatic N) is 3. The molecule has 0 bridgehead atoms. The van der Waals surface area contributed by atoms with Gasteiger partial charge in [0.25, 0.3) is 5.91 Å². The van der Waals surface area contributed by atoms with E-state index in [-0.39, 0.29) is 11.9 Å². The lowest BCUT2D eigenvalue weighted by Gasteiger charge is -2.38. The Morgan fingerprint density at radius 2 is 2.03 bits per heavy atom. The monoisotopic (exact) mass is 416 g/mol. The maximum absolute atomic E-state index is 12.6. The van der Waals surface area contributed by atoms with E-state index in [4.69, 9.17) is 11.6 Å². The number of pyridine rings is 1. The molecule has 0 saturated carbocycles. The smallest absolute Gasteiger partial charge is 0.407 e. The highest BCUT2D eigenvalue weighted by molar-refractivity contribution is 6.31. The van der Waals surface area contributed by atoms with Crippen LogP contribution in [0.15, 0.2) is 30.5 Å². The zero-order valence-corrected chi connectivity index (χ0v) is 17.5. The van der Waals surface area contributed by atoms with Crippen molar-refractivity contribution >= 4 is 29.3 Å². The van der Waals surface area contributed by atoms with Gasteiger partial charge in [-0.25, -0.2) is 4.79 Å². The van der Waals surface area contributed by atoms with Gasteiger partial charge < -0.3 is 15.3 Å². The summed E-state index contributed by atoms with van der Waals surface area (Å²) in [5.41, 5.74) is 3.94. The van der Waals surface area contributed by atoms with Crippen LogP contribution in [0.3, 0.4) is 0 Å². The van der Waals surface area contributed by atoms with E-state index in [2.05, 4.69) is 15.2 Å². The molecule has 7 nitrogen and oxygen atoms in total. The fourth-order valence-electron chi connectivity index (χ4n) is 3.53. The third-order valence-corrected chi connectivity index (χ3v) is 5.47. The number of carbonyl (C=O) groups is 2. The number of benzene rings is 1. The largest absolute Gasteiger partial charge is 0.465 e. The van der Waals surface area contributed by atoms with E-state index in [9.17, 15) is 14.7 Å². The molecule has 1 saturated heterocycles. The second kappa shape index (κ2) is 8.80. The molecule has 0 unspecified atom stereocenters. The lowest BCUT2D eigenvalue weighted by molar-refractivity contribution is 0.0710. The second-order valence-corrected chi connectivity index (χ2v) is 7.88. The maximum atomic E-state index is 12.6. The average Bonchev–Trinajstić information content (AvgIpc) is 2.65. The normalized spacial score (nSPS) is 17.2. The van der Waals surface area contributed by atoms with Gasteiger partial charge in [-0.1, -0.05) is 11.6 Å². The summed E-state index contributed by atoms with van der Waals surface area (Å²) in [6.45, 7) is 8.14. The Kier molecular flexibility index (Phi) is 6.39. The quantitative estimate of drug-likeness (QED) is 0.791. The van der Waals surface area contributed by atoms with E-state index in [0.717, 1.165) is 16.8 Å². The fraction of sp³-hybridized carbons (Fsp3) is 0.381. The minimum Gasteiger partial charge on any atom is -0.465 e. The summed E-state index contributed by atoms with van der Waals surface area (Å²) in [5.74, 6) is -0.238. The van der Waals surface area contributed by atoms with Crippen molar-refractivity contribution in [2.75, 3.05) is 25.0 Å². The lowest BCUT2D eigenvalue weighted by atomic mass is 10.0. The number of amides is 2. The molecule has 1 aromatic carbocycles. The van der Waals surface area contributed by atoms with Crippen LogP contribution in [0.4, 0.5) is 10.5 Å². The van der Waals surface area contributed by atoms with Gasteiger partial charge in [-0.15, -0.1) is 0 Å². The van der Waals surface area contributed by atoms with Gasteiger partial charge in [0.05, 0.1) is 5.56 Å². The summed E-state index contributed by atoms with van der Waals surface area (Å²) >= 11 is 6.32. The number of piperazine rings is 1. The predicted molar refractivity (Wildman–Crippen MR) is 113 cm³/mol. The molecule has 2 amide bonds. The van der Waals surface area contributed by atoms with E-state index < -0.39 is 6.09 Å².